The average molecular weight is 292 g/mol. The van der Waals surface area contributed by atoms with Crippen LogP contribution in [0.5, 0.6) is 0 Å². The molecule has 5 rings (SSSR count). The molecular weight excluding hydrogens is 268 g/mol. The summed E-state index contributed by atoms with van der Waals surface area (Å²) in [4.78, 5) is 2.60. The molecule has 0 spiro atoms. The molecule has 0 aromatic heterocycles. The van der Waals surface area contributed by atoms with Crippen molar-refractivity contribution in [2.45, 2.75) is 24.9 Å². The summed E-state index contributed by atoms with van der Waals surface area (Å²) in [5.74, 6) is 1.43. The van der Waals surface area contributed by atoms with E-state index in [1.807, 2.05) is 0 Å². The van der Waals surface area contributed by atoms with Crippen LogP contribution in [0, 0.1) is 11.8 Å². The van der Waals surface area contributed by atoms with Crippen molar-refractivity contribution in [3.8, 4) is 0 Å². The van der Waals surface area contributed by atoms with Crippen LogP contribution in [0.4, 0.5) is 0 Å². The van der Waals surface area contributed by atoms with Crippen molar-refractivity contribution in [1.29, 1.82) is 0 Å². The van der Waals surface area contributed by atoms with Gasteiger partial charge in [-0.05, 0) is 47.6 Å². The lowest BCUT2D eigenvalue weighted by molar-refractivity contribution is 0.00750. The third-order valence-electron chi connectivity index (χ3n) is 5.75. The van der Waals surface area contributed by atoms with E-state index in [2.05, 4.69) is 60.0 Å². The molecule has 22 heavy (non-hydrogen) atoms. The number of piperidine rings is 3. The lowest BCUT2D eigenvalue weighted by Gasteiger charge is -2.51. The van der Waals surface area contributed by atoms with Gasteiger partial charge in [0.25, 0.3) is 0 Å². The van der Waals surface area contributed by atoms with Crippen molar-refractivity contribution in [3.05, 3.63) is 60.7 Å². The van der Waals surface area contributed by atoms with Crippen LogP contribution >= 0.6 is 0 Å². The van der Waals surface area contributed by atoms with Crippen LogP contribution in [0.25, 0.3) is 10.8 Å². The topological polar surface area (TPSA) is 29.3 Å². The Bertz CT molecular complexity index is 688. The van der Waals surface area contributed by atoms with E-state index in [0.29, 0.717) is 12.0 Å². The van der Waals surface area contributed by atoms with Gasteiger partial charge in [-0.25, -0.2) is 0 Å². The molecule has 0 aliphatic carbocycles. The van der Waals surface area contributed by atoms with E-state index in [4.69, 9.17) is 5.73 Å². The molecular formula is C20H24N2. The van der Waals surface area contributed by atoms with Gasteiger partial charge in [0.1, 0.15) is 0 Å². The fraction of sp³-hybridized carbons (Fsp3) is 0.400. The Morgan fingerprint density at radius 3 is 2.77 bits per heavy atom. The highest BCUT2D eigenvalue weighted by molar-refractivity contribution is 5.86. The highest BCUT2D eigenvalue weighted by atomic mass is 15.2. The second-order valence-corrected chi connectivity index (χ2v) is 6.84. The molecule has 2 bridgehead atoms. The zero-order valence-electron chi connectivity index (χ0n) is 13.0. The molecule has 3 aliphatic rings. The van der Waals surface area contributed by atoms with Crippen molar-refractivity contribution in [1.82, 2.24) is 4.90 Å². The summed E-state index contributed by atoms with van der Waals surface area (Å²) in [5, 5.41) is 2.59. The lowest BCUT2D eigenvalue weighted by atomic mass is 9.73. The fourth-order valence-corrected chi connectivity index (χ4v) is 4.50. The summed E-state index contributed by atoms with van der Waals surface area (Å²) in [5.41, 5.74) is 8.04. The maximum atomic E-state index is 6.74. The third-order valence-corrected chi connectivity index (χ3v) is 5.75. The van der Waals surface area contributed by atoms with Gasteiger partial charge >= 0.3 is 0 Å². The molecule has 2 aromatic carbocycles. The molecule has 3 saturated heterocycles. The van der Waals surface area contributed by atoms with E-state index in [9.17, 15) is 0 Å². The molecule has 2 nitrogen and oxygen atoms in total. The smallest absolute Gasteiger partial charge is 0.0459 e. The summed E-state index contributed by atoms with van der Waals surface area (Å²) in [6, 6.07) is 15.7. The molecule has 2 aromatic rings. The average Bonchev–Trinajstić information content (AvgIpc) is 2.60. The summed E-state index contributed by atoms with van der Waals surface area (Å²) >= 11 is 0. The summed E-state index contributed by atoms with van der Waals surface area (Å²) in [7, 11) is 0. The molecule has 114 valence electrons. The Kier molecular flexibility index (Phi) is 3.51. The van der Waals surface area contributed by atoms with Gasteiger partial charge in [0.2, 0.25) is 0 Å². The Balaban J connectivity index is 1.67. The number of rotatable bonds is 3. The van der Waals surface area contributed by atoms with Crippen molar-refractivity contribution in [3.63, 3.8) is 0 Å². The van der Waals surface area contributed by atoms with Crippen LogP contribution in [0.15, 0.2) is 55.1 Å². The van der Waals surface area contributed by atoms with Gasteiger partial charge in [-0.15, -0.1) is 6.58 Å². The SMILES string of the molecule is C=CC1CN2CC[C@H]1CC2[C@H](N)c1cccc2ccccc12. The Morgan fingerprint density at radius 2 is 2.00 bits per heavy atom. The van der Waals surface area contributed by atoms with Gasteiger partial charge in [-0.2, -0.15) is 0 Å². The first-order valence-corrected chi connectivity index (χ1v) is 8.38. The second-order valence-electron chi connectivity index (χ2n) is 6.84. The molecule has 3 unspecified atom stereocenters. The number of nitrogens with two attached hydrogens (primary N) is 1. The minimum absolute atomic E-state index is 0.0969. The first-order chi connectivity index (χ1) is 10.8. The third kappa shape index (κ3) is 2.18. The monoisotopic (exact) mass is 292 g/mol. The summed E-state index contributed by atoms with van der Waals surface area (Å²) in [6.07, 6.45) is 4.66. The van der Waals surface area contributed by atoms with E-state index in [-0.39, 0.29) is 6.04 Å². The largest absolute Gasteiger partial charge is 0.323 e. The Hall–Kier alpha value is -1.64. The van der Waals surface area contributed by atoms with Gasteiger partial charge in [-0.1, -0.05) is 48.5 Å². The maximum absolute atomic E-state index is 6.74. The molecule has 0 radical (unpaired) electrons. The fourth-order valence-electron chi connectivity index (χ4n) is 4.50. The number of benzene rings is 2. The zero-order chi connectivity index (χ0) is 15.1. The van der Waals surface area contributed by atoms with Crippen LogP contribution in [0.2, 0.25) is 0 Å². The van der Waals surface area contributed by atoms with E-state index in [0.717, 1.165) is 12.5 Å². The highest BCUT2D eigenvalue weighted by Crippen LogP contribution is 2.41. The normalized spacial score (nSPS) is 32.0. The Labute approximate surface area is 132 Å². The van der Waals surface area contributed by atoms with Crippen LogP contribution in [-0.2, 0) is 0 Å². The van der Waals surface area contributed by atoms with Crippen molar-refractivity contribution >= 4 is 10.8 Å². The second kappa shape index (κ2) is 5.53. The predicted octanol–water partition coefficient (Wildman–Crippen LogP) is 3.74. The zero-order valence-corrected chi connectivity index (χ0v) is 13.0. The quantitative estimate of drug-likeness (QED) is 0.873. The van der Waals surface area contributed by atoms with E-state index >= 15 is 0 Å². The Morgan fingerprint density at radius 1 is 1.18 bits per heavy atom. The minimum Gasteiger partial charge on any atom is -0.323 e. The highest BCUT2D eigenvalue weighted by Gasteiger charge is 2.41. The minimum atomic E-state index is 0.0969. The molecule has 3 aliphatic heterocycles. The number of hydrogen-bond donors (Lipinski definition) is 1. The van der Waals surface area contributed by atoms with Crippen molar-refractivity contribution in [2.24, 2.45) is 17.6 Å². The molecule has 3 heterocycles. The number of fused-ring (bicyclic) bond motifs is 4. The van der Waals surface area contributed by atoms with E-state index in [1.54, 1.807) is 0 Å². The van der Waals surface area contributed by atoms with Gasteiger partial charge in [0.05, 0.1) is 0 Å². The standard InChI is InChI=1S/C20H24N2/c1-2-14-13-22-11-10-16(14)12-19(22)20(21)18-9-5-7-15-6-3-4-8-17(15)18/h2-9,14,16,19-20H,1,10-13,21H2/t14?,16-,19?,20+/m0/s1. The van der Waals surface area contributed by atoms with Crippen LogP contribution in [-0.4, -0.2) is 24.0 Å². The molecule has 3 fully saturated rings. The van der Waals surface area contributed by atoms with Crippen LogP contribution in [0.1, 0.15) is 24.4 Å². The van der Waals surface area contributed by atoms with E-state index < -0.39 is 0 Å². The van der Waals surface area contributed by atoms with Crippen LogP contribution in [0.3, 0.4) is 0 Å². The summed E-state index contributed by atoms with van der Waals surface area (Å²) < 4.78 is 0. The molecule has 2 heteroatoms. The van der Waals surface area contributed by atoms with Gasteiger partial charge in [0, 0.05) is 18.6 Å². The molecule has 5 atom stereocenters. The van der Waals surface area contributed by atoms with Crippen molar-refractivity contribution < 1.29 is 0 Å². The molecule has 0 amide bonds. The molecule has 2 N–H and O–H groups in total. The molecule has 0 saturated carbocycles. The van der Waals surface area contributed by atoms with E-state index in [1.165, 1.54) is 35.7 Å². The lowest BCUT2D eigenvalue weighted by Crippen LogP contribution is -2.56. The number of hydrogen-bond acceptors (Lipinski definition) is 2. The number of nitrogens with zero attached hydrogens (tertiary/aromatic N) is 1. The predicted molar refractivity (Wildman–Crippen MR) is 92.6 cm³/mol. The summed E-state index contributed by atoms with van der Waals surface area (Å²) in [6.45, 7) is 6.34. The first-order valence-electron chi connectivity index (χ1n) is 8.38. The van der Waals surface area contributed by atoms with Crippen molar-refractivity contribution in [2.75, 3.05) is 13.1 Å². The first kappa shape index (κ1) is 14.0. The maximum Gasteiger partial charge on any atom is 0.0459 e. The van der Waals surface area contributed by atoms with Crippen LogP contribution < -0.4 is 5.73 Å². The van der Waals surface area contributed by atoms with Gasteiger partial charge in [-0.3, -0.25) is 4.90 Å². The van der Waals surface area contributed by atoms with Gasteiger partial charge < -0.3 is 5.73 Å². The van der Waals surface area contributed by atoms with Gasteiger partial charge in [0.15, 0.2) is 0 Å².